The number of carbonyl (C=O) groups is 1. The molecule has 114 valence electrons. The minimum absolute atomic E-state index is 0.230. The summed E-state index contributed by atoms with van der Waals surface area (Å²) in [4.78, 5) is 11.7. The molecule has 2 aliphatic rings. The predicted molar refractivity (Wildman–Crippen MR) is 80.9 cm³/mol. The first kappa shape index (κ1) is 14.4. The summed E-state index contributed by atoms with van der Waals surface area (Å²) in [6, 6.07) is 6.49. The molecule has 1 aromatic carbocycles. The Morgan fingerprint density at radius 3 is 2.81 bits per heavy atom. The van der Waals surface area contributed by atoms with Crippen molar-refractivity contribution in [3.05, 3.63) is 23.8 Å². The average molecular weight is 289 g/mol. The van der Waals surface area contributed by atoms with Crippen LogP contribution in [0.1, 0.15) is 31.2 Å². The minimum Gasteiger partial charge on any atom is -0.493 e. The van der Waals surface area contributed by atoms with E-state index in [1.54, 1.807) is 14.2 Å². The van der Waals surface area contributed by atoms with E-state index in [0.29, 0.717) is 18.2 Å². The van der Waals surface area contributed by atoms with Crippen LogP contribution >= 0.6 is 0 Å². The summed E-state index contributed by atoms with van der Waals surface area (Å²) in [5.41, 5.74) is 1.49. The molecule has 1 N–H and O–H groups in total. The van der Waals surface area contributed by atoms with Crippen LogP contribution in [0.3, 0.4) is 0 Å². The molecule has 0 spiro atoms. The van der Waals surface area contributed by atoms with Crippen LogP contribution in [0.4, 0.5) is 0 Å². The van der Waals surface area contributed by atoms with Crippen molar-refractivity contribution < 1.29 is 14.3 Å². The molecule has 4 nitrogen and oxygen atoms in total. The zero-order chi connectivity index (χ0) is 14.9. The zero-order valence-electron chi connectivity index (χ0n) is 12.8. The summed E-state index contributed by atoms with van der Waals surface area (Å²) in [6.07, 6.45) is 4.56. The van der Waals surface area contributed by atoms with E-state index in [2.05, 4.69) is 17.4 Å². The molecule has 1 unspecified atom stereocenters. The fourth-order valence-corrected chi connectivity index (χ4v) is 3.89. The molecule has 4 heteroatoms. The number of hydrogen-bond donors (Lipinski definition) is 1. The molecule has 21 heavy (non-hydrogen) atoms. The van der Waals surface area contributed by atoms with Crippen LogP contribution in [0.5, 0.6) is 11.5 Å². The quantitative estimate of drug-likeness (QED) is 0.924. The summed E-state index contributed by atoms with van der Waals surface area (Å²) < 4.78 is 10.7. The van der Waals surface area contributed by atoms with E-state index in [1.807, 2.05) is 6.07 Å². The lowest BCUT2D eigenvalue weighted by atomic mass is 9.67. The van der Waals surface area contributed by atoms with Gasteiger partial charge in [-0.1, -0.05) is 6.07 Å². The summed E-state index contributed by atoms with van der Waals surface area (Å²) in [6.45, 7) is 1.02. The Bertz CT molecular complexity index is 543. The predicted octanol–water partition coefficient (Wildman–Crippen LogP) is 2.35. The largest absolute Gasteiger partial charge is 0.493 e. The van der Waals surface area contributed by atoms with Crippen LogP contribution < -0.4 is 14.8 Å². The van der Waals surface area contributed by atoms with Gasteiger partial charge in [-0.25, -0.2) is 0 Å². The van der Waals surface area contributed by atoms with Crippen molar-refractivity contribution in [3.8, 4) is 11.5 Å². The second kappa shape index (κ2) is 5.68. The normalized spacial score (nSPS) is 28.3. The molecule has 1 heterocycles. The van der Waals surface area contributed by atoms with Gasteiger partial charge in [0.1, 0.15) is 5.78 Å². The fourth-order valence-electron chi connectivity index (χ4n) is 3.89. The van der Waals surface area contributed by atoms with Crippen LogP contribution in [-0.2, 0) is 11.2 Å². The molecule has 1 saturated carbocycles. The second-order valence-corrected chi connectivity index (χ2v) is 6.23. The van der Waals surface area contributed by atoms with E-state index in [-0.39, 0.29) is 5.41 Å². The molecule has 0 radical (unpaired) electrons. The van der Waals surface area contributed by atoms with E-state index < -0.39 is 0 Å². The highest BCUT2D eigenvalue weighted by Gasteiger charge is 2.46. The number of ketones is 1. The van der Waals surface area contributed by atoms with Gasteiger partial charge in [0.2, 0.25) is 0 Å². The fraction of sp³-hybridized carbons (Fsp3) is 0.588. The van der Waals surface area contributed by atoms with Gasteiger partial charge >= 0.3 is 0 Å². The van der Waals surface area contributed by atoms with Crippen LogP contribution in [0.2, 0.25) is 0 Å². The highest BCUT2D eigenvalue weighted by atomic mass is 16.5. The first-order valence-electron chi connectivity index (χ1n) is 7.63. The van der Waals surface area contributed by atoms with Gasteiger partial charge in [-0.05, 0) is 48.9 Å². The molecule has 2 fully saturated rings. The van der Waals surface area contributed by atoms with Gasteiger partial charge in [0.25, 0.3) is 0 Å². The van der Waals surface area contributed by atoms with E-state index >= 15 is 0 Å². The number of nitrogens with one attached hydrogen (secondary N) is 1. The third kappa shape index (κ3) is 2.64. The lowest BCUT2D eigenvalue weighted by Gasteiger charge is -2.38. The van der Waals surface area contributed by atoms with Gasteiger partial charge in [-0.15, -0.1) is 0 Å². The van der Waals surface area contributed by atoms with Crippen molar-refractivity contribution in [3.63, 3.8) is 0 Å². The first-order chi connectivity index (χ1) is 10.2. The molecular formula is C17H23NO3. The van der Waals surface area contributed by atoms with Crippen LogP contribution in [0, 0.1) is 5.41 Å². The van der Waals surface area contributed by atoms with Crippen molar-refractivity contribution in [2.45, 2.75) is 38.1 Å². The lowest BCUT2D eigenvalue weighted by molar-refractivity contribution is -0.122. The van der Waals surface area contributed by atoms with Gasteiger partial charge in [0.15, 0.2) is 11.5 Å². The van der Waals surface area contributed by atoms with E-state index in [4.69, 9.17) is 9.47 Å². The van der Waals surface area contributed by atoms with Crippen molar-refractivity contribution >= 4 is 5.78 Å². The SMILES string of the molecule is COc1ccc(C[C@@]23CCNC2CC(=O)CC3)cc1OC. The smallest absolute Gasteiger partial charge is 0.160 e. The number of rotatable bonds is 4. The van der Waals surface area contributed by atoms with Gasteiger partial charge in [0.05, 0.1) is 14.2 Å². The molecule has 1 aliphatic carbocycles. The Morgan fingerprint density at radius 2 is 2.05 bits per heavy atom. The Morgan fingerprint density at radius 1 is 1.24 bits per heavy atom. The van der Waals surface area contributed by atoms with Gasteiger partial charge < -0.3 is 14.8 Å². The molecule has 2 atom stereocenters. The third-order valence-corrected chi connectivity index (χ3v) is 5.09. The Hall–Kier alpha value is -1.55. The molecular weight excluding hydrogens is 266 g/mol. The molecule has 1 aromatic rings. The summed E-state index contributed by atoms with van der Waals surface area (Å²) in [5.74, 6) is 1.94. The summed E-state index contributed by atoms with van der Waals surface area (Å²) in [7, 11) is 3.32. The Labute approximate surface area is 125 Å². The van der Waals surface area contributed by atoms with Crippen LogP contribution in [0.15, 0.2) is 18.2 Å². The number of benzene rings is 1. The molecule has 1 saturated heterocycles. The standard InChI is InChI=1S/C17H23NO3/c1-20-14-4-3-12(9-15(14)21-2)11-17-6-5-13(19)10-16(17)18-8-7-17/h3-4,9,16,18H,5-8,10-11H2,1-2H3/t16?,17-/m1/s1. The number of Topliss-reactive ketones (excluding diaryl/α,β-unsaturated/α-hetero) is 1. The average Bonchev–Trinajstić information content (AvgIpc) is 2.90. The number of hydrogen-bond acceptors (Lipinski definition) is 4. The number of methoxy groups -OCH3 is 2. The maximum absolute atomic E-state index is 11.7. The molecule has 1 aliphatic heterocycles. The van der Waals surface area contributed by atoms with Crippen molar-refractivity contribution in [2.75, 3.05) is 20.8 Å². The second-order valence-electron chi connectivity index (χ2n) is 6.23. The maximum atomic E-state index is 11.7. The monoisotopic (exact) mass is 289 g/mol. The number of carbonyl (C=O) groups excluding carboxylic acids is 1. The van der Waals surface area contributed by atoms with E-state index in [9.17, 15) is 4.79 Å². The summed E-state index contributed by atoms with van der Waals surface area (Å²) >= 11 is 0. The first-order valence-corrected chi connectivity index (χ1v) is 7.63. The highest BCUT2D eigenvalue weighted by Crippen LogP contribution is 2.45. The lowest BCUT2D eigenvalue weighted by Crippen LogP contribution is -2.43. The zero-order valence-corrected chi connectivity index (χ0v) is 12.8. The number of fused-ring (bicyclic) bond motifs is 1. The van der Waals surface area contributed by atoms with Crippen molar-refractivity contribution in [1.82, 2.24) is 5.32 Å². The van der Waals surface area contributed by atoms with Gasteiger partial charge in [-0.2, -0.15) is 0 Å². The Balaban J connectivity index is 1.83. The molecule has 3 rings (SSSR count). The van der Waals surface area contributed by atoms with Crippen LogP contribution in [0.25, 0.3) is 0 Å². The molecule has 0 bridgehead atoms. The highest BCUT2D eigenvalue weighted by molar-refractivity contribution is 5.80. The van der Waals surface area contributed by atoms with Crippen molar-refractivity contribution in [2.24, 2.45) is 5.41 Å². The van der Waals surface area contributed by atoms with Crippen LogP contribution in [-0.4, -0.2) is 32.6 Å². The molecule has 0 aromatic heterocycles. The topological polar surface area (TPSA) is 47.6 Å². The Kier molecular flexibility index (Phi) is 3.89. The van der Waals surface area contributed by atoms with E-state index in [1.165, 1.54) is 5.56 Å². The maximum Gasteiger partial charge on any atom is 0.160 e. The van der Waals surface area contributed by atoms with Gasteiger partial charge in [0, 0.05) is 18.9 Å². The third-order valence-electron chi connectivity index (χ3n) is 5.09. The molecule has 0 amide bonds. The number of ether oxygens (including phenoxy) is 2. The summed E-state index contributed by atoms with van der Waals surface area (Å²) in [5, 5.41) is 3.52. The minimum atomic E-state index is 0.230. The van der Waals surface area contributed by atoms with Crippen molar-refractivity contribution in [1.29, 1.82) is 0 Å². The van der Waals surface area contributed by atoms with E-state index in [0.717, 1.165) is 43.7 Å². The van der Waals surface area contributed by atoms with Gasteiger partial charge in [-0.3, -0.25) is 4.79 Å².